The molecule has 88 valence electrons. The van der Waals surface area contributed by atoms with Gasteiger partial charge < -0.3 is 5.32 Å². The van der Waals surface area contributed by atoms with Crippen molar-refractivity contribution in [3.05, 3.63) is 0 Å². The van der Waals surface area contributed by atoms with Gasteiger partial charge in [0, 0.05) is 31.2 Å². The molecule has 2 fully saturated rings. The van der Waals surface area contributed by atoms with Crippen LogP contribution in [0, 0.1) is 0 Å². The average molecular weight is 232 g/mol. The highest BCUT2D eigenvalue weighted by Crippen LogP contribution is 2.23. The van der Waals surface area contributed by atoms with E-state index in [-0.39, 0.29) is 12.1 Å². The molecule has 2 aliphatic rings. The molecule has 5 heteroatoms. The van der Waals surface area contributed by atoms with Crippen LogP contribution in [0.15, 0.2) is 0 Å². The second-order valence-electron chi connectivity index (χ2n) is 4.70. The Hall–Kier alpha value is -0.130. The first kappa shape index (κ1) is 11.4. The summed E-state index contributed by atoms with van der Waals surface area (Å²) in [5.41, 5.74) is 0. The zero-order valence-corrected chi connectivity index (χ0v) is 10.3. The number of nitrogens with zero attached hydrogens (tertiary/aromatic N) is 1. The van der Waals surface area contributed by atoms with Crippen LogP contribution in [0.2, 0.25) is 0 Å². The molecule has 2 aliphatic heterocycles. The predicted octanol–water partition coefficient (Wildman–Crippen LogP) is -0.144. The van der Waals surface area contributed by atoms with Gasteiger partial charge in [0.25, 0.3) is 0 Å². The molecule has 2 saturated heterocycles. The summed E-state index contributed by atoms with van der Waals surface area (Å²) in [4.78, 5) is 2.37. The van der Waals surface area contributed by atoms with Crippen molar-refractivity contribution in [2.24, 2.45) is 0 Å². The highest BCUT2D eigenvalue weighted by molar-refractivity contribution is 7.91. The second kappa shape index (κ2) is 4.03. The molecule has 0 spiro atoms. The molecule has 15 heavy (non-hydrogen) atoms. The molecule has 2 rings (SSSR count). The zero-order chi connectivity index (χ0) is 11.1. The van der Waals surface area contributed by atoms with Crippen LogP contribution in [-0.4, -0.2) is 56.0 Å². The molecule has 0 radical (unpaired) electrons. The number of sulfone groups is 1. The van der Waals surface area contributed by atoms with Crippen LogP contribution in [0.5, 0.6) is 0 Å². The van der Waals surface area contributed by atoms with Crippen molar-refractivity contribution < 1.29 is 8.42 Å². The van der Waals surface area contributed by atoms with Crippen molar-refractivity contribution in [1.82, 2.24) is 10.2 Å². The Labute approximate surface area is 91.9 Å². The number of fused-ring (bicyclic) bond motifs is 1. The Morgan fingerprint density at radius 1 is 1.47 bits per heavy atom. The van der Waals surface area contributed by atoms with E-state index in [9.17, 15) is 8.42 Å². The molecular formula is C10H20N2O2S. The summed E-state index contributed by atoms with van der Waals surface area (Å²) < 4.78 is 23.2. The van der Waals surface area contributed by atoms with Gasteiger partial charge in [0.05, 0.1) is 11.5 Å². The summed E-state index contributed by atoms with van der Waals surface area (Å²) in [5, 5.41) is 3.32. The van der Waals surface area contributed by atoms with Crippen molar-refractivity contribution in [2.45, 2.75) is 38.4 Å². The first-order valence-electron chi connectivity index (χ1n) is 5.73. The minimum Gasteiger partial charge on any atom is -0.310 e. The van der Waals surface area contributed by atoms with Gasteiger partial charge in [0.1, 0.15) is 0 Å². The normalized spacial score (nSPS) is 37.5. The van der Waals surface area contributed by atoms with E-state index in [0.717, 1.165) is 19.5 Å². The van der Waals surface area contributed by atoms with Crippen LogP contribution in [0.25, 0.3) is 0 Å². The molecule has 1 N–H and O–H groups in total. The van der Waals surface area contributed by atoms with E-state index >= 15 is 0 Å². The lowest BCUT2D eigenvalue weighted by atomic mass is 10.0. The summed E-state index contributed by atoms with van der Waals surface area (Å²) >= 11 is 0. The van der Waals surface area contributed by atoms with Crippen molar-refractivity contribution in [1.29, 1.82) is 0 Å². The van der Waals surface area contributed by atoms with Crippen molar-refractivity contribution in [3.63, 3.8) is 0 Å². The maximum atomic E-state index is 11.6. The van der Waals surface area contributed by atoms with Gasteiger partial charge in [-0.2, -0.15) is 0 Å². The van der Waals surface area contributed by atoms with Crippen LogP contribution >= 0.6 is 0 Å². The third kappa shape index (κ3) is 2.19. The molecule has 3 unspecified atom stereocenters. The van der Waals surface area contributed by atoms with E-state index in [0.29, 0.717) is 17.5 Å². The van der Waals surface area contributed by atoms with Gasteiger partial charge in [-0.1, -0.05) is 6.92 Å². The van der Waals surface area contributed by atoms with Crippen LogP contribution in [0.3, 0.4) is 0 Å². The molecule has 2 heterocycles. The third-order valence-electron chi connectivity index (χ3n) is 3.68. The fraction of sp³-hybridized carbons (Fsp3) is 1.00. The van der Waals surface area contributed by atoms with Crippen LogP contribution < -0.4 is 5.32 Å². The molecule has 0 aromatic carbocycles. The number of rotatable bonds is 2. The summed E-state index contributed by atoms with van der Waals surface area (Å²) in [7, 11) is -2.81. The van der Waals surface area contributed by atoms with Crippen LogP contribution in [-0.2, 0) is 9.84 Å². The fourth-order valence-corrected chi connectivity index (χ4v) is 4.64. The van der Waals surface area contributed by atoms with Gasteiger partial charge in [-0.25, -0.2) is 8.42 Å². The third-order valence-corrected chi connectivity index (χ3v) is 5.40. The van der Waals surface area contributed by atoms with Crippen molar-refractivity contribution >= 4 is 9.84 Å². The second-order valence-corrected chi connectivity index (χ2v) is 6.85. The highest BCUT2D eigenvalue weighted by Gasteiger charge is 2.43. The van der Waals surface area contributed by atoms with Gasteiger partial charge >= 0.3 is 0 Å². The molecule has 0 aromatic rings. The number of piperazine rings is 1. The lowest BCUT2D eigenvalue weighted by molar-refractivity contribution is 0.103. The molecule has 0 aromatic heterocycles. The number of hydrogen-bond acceptors (Lipinski definition) is 4. The molecule has 0 amide bonds. The minimum atomic E-state index is -2.81. The van der Waals surface area contributed by atoms with Crippen LogP contribution in [0.4, 0.5) is 0 Å². The molecule has 0 aliphatic carbocycles. The van der Waals surface area contributed by atoms with E-state index in [1.54, 1.807) is 0 Å². The van der Waals surface area contributed by atoms with Crippen molar-refractivity contribution in [2.75, 3.05) is 24.6 Å². The molecule has 0 bridgehead atoms. The molecule has 4 nitrogen and oxygen atoms in total. The molecule has 3 atom stereocenters. The average Bonchev–Trinajstić information content (AvgIpc) is 2.49. The van der Waals surface area contributed by atoms with Crippen molar-refractivity contribution in [3.8, 4) is 0 Å². The number of hydrogen-bond donors (Lipinski definition) is 1. The highest BCUT2D eigenvalue weighted by atomic mass is 32.2. The fourth-order valence-electron chi connectivity index (χ4n) is 2.68. The lowest BCUT2D eigenvalue weighted by Crippen LogP contribution is -2.59. The van der Waals surface area contributed by atoms with Crippen LogP contribution in [0.1, 0.15) is 20.3 Å². The lowest BCUT2D eigenvalue weighted by Gasteiger charge is -2.41. The van der Waals surface area contributed by atoms with Gasteiger partial charge in [0.2, 0.25) is 0 Å². The van der Waals surface area contributed by atoms with E-state index in [1.165, 1.54) is 0 Å². The minimum absolute atomic E-state index is 0.165. The molecular weight excluding hydrogens is 212 g/mol. The molecule has 0 saturated carbocycles. The summed E-state index contributed by atoms with van der Waals surface area (Å²) in [6.07, 6.45) is 1.09. The van der Waals surface area contributed by atoms with Gasteiger partial charge in [-0.3, -0.25) is 4.90 Å². The maximum Gasteiger partial charge on any atom is 0.153 e. The SMILES string of the molecule is CCC(C)N1CCNC2CS(=O)(=O)CC21. The van der Waals surface area contributed by atoms with E-state index in [4.69, 9.17) is 0 Å². The monoisotopic (exact) mass is 232 g/mol. The topological polar surface area (TPSA) is 49.4 Å². The Morgan fingerprint density at radius 3 is 2.87 bits per heavy atom. The van der Waals surface area contributed by atoms with E-state index in [1.807, 2.05) is 0 Å². The maximum absolute atomic E-state index is 11.6. The van der Waals surface area contributed by atoms with Gasteiger partial charge in [-0.15, -0.1) is 0 Å². The Kier molecular flexibility index (Phi) is 3.05. The van der Waals surface area contributed by atoms with Gasteiger partial charge in [0.15, 0.2) is 9.84 Å². The Bertz CT molecular complexity index is 328. The smallest absolute Gasteiger partial charge is 0.153 e. The summed E-state index contributed by atoms with van der Waals surface area (Å²) in [6, 6.07) is 0.865. The summed E-state index contributed by atoms with van der Waals surface area (Å²) in [5.74, 6) is 0.666. The predicted molar refractivity (Wildman–Crippen MR) is 60.7 cm³/mol. The quantitative estimate of drug-likeness (QED) is 0.720. The summed E-state index contributed by atoms with van der Waals surface area (Å²) in [6.45, 7) is 6.24. The largest absolute Gasteiger partial charge is 0.310 e. The standard InChI is InChI=1S/C10H20N2O2S/c1-3-8(2)12-5-4-11-9-6-15(13,14)7-10(9)12/h8-11H,3-7H2,1-2H3. The Balaban J connectivity index is 2.15. The Morgan fingerprint density at radius 2 is 2.20 bits per heavy atom. The zero-order valence-electron chi connectivity index (χ0n) is 9.44. The van der Waals surface area contributed by atoms with Gasteiger partial charge in [-0.05, 0) is 13.3 Å². The first-order chi connectivity index (χ1) is 7.03. The first-order valence-corrected chi connectivity index (χ1v) is 7.55. The van der Waals surface area contributed by atoms with E-state index in [2.05, 4.69) is 24.1 Å². The number of nitrogens with one attached hydrogen (secondary N) is 1. The van der Waals surface area contributed by atoms with E-state index < -0.39 is 9.84 Å².